The molecule has 0 bridgehead atoms. The van der Waals surface area contributed by atoms with E-state index in [-0.39, 0.29) is 5.54 Å². The molecule has 0 aliphatic carbocycles. The molecule has 3 aliphatic rings. The van der Waals surface area contributed by atoms with Gasteiger partial charge in [-0.3, -0.25) is 9.89 Å². The lowest BCUT2D eigenvalue weighted by Gasteiger charge is -2.44. The highest BCUT2D eigenvalue weighted by molar-refractivity contribution is 8.00. The first kappa shape index (κ1) is 20.3. The molecule has 1 unspecified atom stereocenters. The normalized spacial score (nSPS) is 27.9. The van der Waals surface area contributed by atoms with Gasteiger partial charge in [-0.25, -0.2) is 0 Å². The summed E-state index contributed by atoms with van der Waals surface area (Å²) in [5.74, 6) is 3.05. The molecule has 0 saturated carbocycles. The lowest BCUT2D eigenvalue weighted by molar-refractivity contribution is -0.0139. The number of likely N-dealkylation sites (tertiary alicyclic amines) is 1. The number of thioether (sulfide) groups is 1. The zero-order valence-electron chi connectivity index (χ0n) is 17.0. The molecule has 5 nitrogen and oxygen atoms in total. The van der Waals surface area contributed by atoms with Crippen molar-refractivity contribution < 1.29 is 4.74 Å². The summed E-state index contributed by atoms with van der Waals surface area (Å²) in [6.07, 6.45) is 4.93. The van der Waals surface area contributed by atoms with Crippen LogP contribution in [0.5, 0.6) is 0 Å². The Balaban J connectivity index is 1.72. The number of aliphatic imine (C=N–C) groups is 1. The lowest BCUT2D eigenvalue weighted by atomic mass is 9.88. The smallest absolute Gasteiger partial charge is 0.194 e. The zero-order valence-corrected chi connectivity index (χ0v) is 17.8. The Labute approximate surface area is 164 Å². The summed E-state index contributed by atoms with van der Waals surface area (Å²) in [6.45, 7) is 15.2. The third-order valence-electron chi connectivity index (χ3n) is 6.19. The molecular formula is C20H38N4OS. The average molecular weight is 383 g/mol. The Morgan fingerprint density at radius 3 is 2.62 bits per heavy atom. The van der Waals surface area contributed by atoms with E-state index in [1.165, 1.54) is 31.7 Å². The second kappa shape index (κ2) is 9.65. The van der Waals surface area contributed by atoms with Crippen LogP contribution in [0.1, 0.15) is 46.5 Å². The second-order valence-corrected chi connectivity index (χ2v) is 9.65. The van der Waals surface area contributed by atoms with E-state index in [1.807, 2.05) is 0 Å². The molecule has 6 heteroatoms. The van der Waals surface area contributed by atoms with Crippen LogP contribution >= 0.6 is 11.8 Å². The van der Waals surface area contributed by atoms with Gasteiger partial charge in [0.25, 0.3) is 0 Å². The van der Waals surface area contributed by atoms with Crippen molar-refractivity contribution in [3.63, 3.8) is 0 Å². The summed E-state index contributed by atoms with van der Waals surface area (Å²) < 4.78 is 5.69. The zero-order chi connectivity index (χ0) is 18.4. The van der Waals surface area contributed by atoms with Gasteiger partial charge in [-0.1, -0.05) is 13.8 Å². The van der Waals surface area contributed by atoms with E-state index < -0.39 is 0 Å². The van der Waals surface area contributed by atoms with Crippen LogP contribution < -0.4 is 5.32 Å². The minimum Gasteiger partial charge on any atom is -0.381 e. The Morgan fingerprint density at radius 1 is 1.23 bits per heavy atom. The fourth-order valence-electron chi connectivity index (χ4n) is 4.44. The van der Waals surface area contributed by atoms with E-state index in [0.29, 0.717) is 5.25 Å². The maximum absolute atomic E-state index is 5.69. The average Bonchev–Trinajstić information content (AvgIpc) is 3.21. The number of guanidine groups is 1. The number of nitrogens with one attached hydrogen (secondary N) is 1. The van der Waals surface area contributed by atoms with Gasteiger partial charge in [-0.15, -0.1) is 0 Å². The quantitative estimate of drug-likeness (QED) is 0.585. The van der Waals surface area contributed by atoms with Gasteiger partial charge in [0.05, 0.1) is 6.54 Å². The van der Waals surface area contributed by atoms with Gasteiger partial charge < -0.3 is 15.0 Å². The molecule has 3 aliphatic heterocycles. The number of rotatable bonds is 5. The van der Waals surface area contributed by atoms with Crippen molar-refractivity contribution in [2.24, 2.45) is 10.9 Å². The fourth-order valence-corrected chi connectivity index (χ4v) is 5.73. The van der Waals surface area contributed by atoms with Crippen molar-refractivity contribution in [3.8, 4) is 0 Å². The molecule has 0 aromatic heterocycles. The number of hydrogen-bond acceptors (Lipinski definition) is 4. The van der Waals surface area contributed by atoms with Crippen molar-refractivity contribution in [3.05, 3.63) is 0 Å². The predicted octanol–water partition coefficient (Wildman–Crippen LogP) is 2.67. The summed E-state index contributed by atoms with van der Waals surface area (Å²) in [5.41, 5.74) is 0.220. The topological polar surface area (TPSA) is 40.1 Å². The van der Waals surface area contributed by atoms with E-state index in [1.54, 1.807) is 0 Å². The number of hydrogen-bond donors (Lipinski definition) is 1. The first-order chi connectivity index (χ1) is 12.6. The van der Waals surface area contributed by atoms with Crippen molar-refractivity contribution in [2.45, 2.75) is 57.2 Å². The number of nitrogens with zero attached hydrogens (tertiary/aromatic N) is 3. The van der Waals surface area contributed by atoms with E-state index in [9.17, 15) is 0 Å². The van der Waals surface area contributed by atoms with E-state index in [0.717, 1.165) is 64.1 Å². The fraction of sp³-hybridized carbons (Fsp3) is 0.950. The molecule has 0 radical (unpaired) electrons. The van der Waals surface area contributed by atoms with Gasteiger partial charge in [0.1, 0.15) is 0 Å². The van der Waals surface area contributed by atoms with Gasteiger partial charge in [0.2, 0.25) is 0 Å². The van der Waals surface area contributed by atoms with Gasteiger partial charge in [-0.2, -0.15) is 11.8 Å². The molecule has 150 valence electrons. The van der Waals surface area contributed by atoms with Crippen molar-refractivity contribution >= 4 is 17.7 Å². The maximum atomic E-state index is 5.69. The summed E-state index contributed by atoms with van der Waals surface area (Å²) in [4.78, 5) is 10.4. The predicted molar refractivity (Wildman–Crippen MR) is 112 cm³/mol. The lowest BCUT2D eigenvalue weighted by Crippen LogP contribution is -2.54. The molecule has 0 aromatic rings. The Morgan fingerprint density at radius 2 is 1.96 bits per heavy atom. The van der Waals surface area contributed by atoms with E-state index >= 15 is 0 Å². The molecule has 3 heterocycles. The summed E-state index contributed by atoms with van der Waals surface area (Å²) in [5, 5.41) is 4.29. The highest BCUT2D eigenvalue weighted by atomic mass is 32.2. The van der Waals surface area contributed by atoms with Crippen LogP contribution in [0.4, 0.5) is 0 Å². The van der Waals surface area contributed by atoms with Crippen LogP contribution in [0.3, 0.4) is 0 Å². The SMILES string of the molecule is CCNC(=NCC1(N2CCCC2)CCOCC1)N1CCSC(C(C)C)C1. The summed E-state index contributed by atoms with van der Waals surface area (Å²) in [7, 11) is 0. The minimum absolute atomic E-state index is 0.220. The molecule has 0 amide bonds. The van der Waals surface area contributed by atoms with E-state index in [2.05, 4.69) is 47.6 Å². The Hall–Kier alpha value is -0.460. The molecular weight excluding hydrogens is 344 g/mol. The van der Waals surface area contributed by atoms with Gasteiger partial charge in [0.15, 0.2) is 5.96 Å². The summed E-state index contributed by atoms with van der Waals surface area (Å²) in [6, 6.07) is 0. The first-order valence-electron chi connectivity index (χ1n) is 10.6. The molecule has 26 heavy (non-hydrogen) atoms. The Bertz CT molecular complexity index is 459. The highest BCUT2D eigenvalue weighted by Crippen LogP contribution is 2.32. The standard InChI is InChI=1S/C20H38N4OS/c1-4-21-19(23-11-14-26-18(15-23)17(2)3)22-16-20(7-12-25-13-8-20)24-9-5-6-10-24/h17-18H,4-16H2,1-3H3,(H,21,22). The maximum Gasteiger partial charge on any atom is 0.194 e. The molecule has 1 N–H and O–H groups in total. The molecule has 1 atom stereocenters. The molecule has 3 rings (SSSR count). The van der Waals surface area contributed by atoms with Crippen LogP contribution in [0.25, 0.3) is 0 Å². The molecule has 3 fully saturated rings. The monoisotopic (exact) mass is 382 g/mol. The largest absolute Gasteiger partial charge is 0.381 e. The van der Waals surface area contributed by atoms with Crippen LogP contribution in [-0.2, 0) is 4.74 Å². The van der Waals surface area contributed by atoms with Crippen LogP contribution in [0.2, 0.25) is 0 Å². The van der Waals surface area contributed by atoms with Crippen LogP contribution in [-0.4, -0.2) is 84.8 Å². The Kier molecular flexibility index (Phi) is 7.53. The van der Waals surface area contributed by atoms with Crippen LogP contribution in [0.15, 0.2) is 4.99 Å². The molecule has 0 spiro atoms. The van der Waals surface area contributed by atoms with E-state index in [4.69, 9.17) is 9.73 Å². The second-order valence-electron chi connectivity index (χ2n) is 8.30. The first-order valence-corrected chi connectivity index (χ1v) is 11.7. The highest BCUT2D eigenvalue weighted by Gasteiger charge is 2.39. The number of ether oxygens (including phenoxy) is 1. The summed E-state index contributed by atoms with van der Waals surface area (Å²) >= 11 is 2.13. The van der Waals surface area contributed by atoms with Gasteiger partial charge >= 0.3 is 0 Å². The molecule has 3 saturated heterocycles. The van der Waals surface area contributed by atoms with Crippen LogP contribution in [0, 0.1) is 5.92 Å². The molecule has 0 aromatic carbocycles. The van der Waals surface area contributed by atoms with Crippen molar-refractivity contribution in [1.29, 1.82) is 0 Å². The third-order valence-corrected chi connectivity index (χ3v) is 7.73. The minimum atomic E-state index is 0.220. The van der Waals surface area contributed by atoms with Gasteiger partial charge in [-0.05, 0) is 51.6 Å². The van der Waals surface area contributed by atoms with Crippen molar-refractivity contribution in [2.75, 3.05) is 58.2 Å². The van der Waals surface area contributed by atoms with Gasteiger partial charge in [0, 0.05) is 49.4 Å². The van der Waals surface area contributed by atoms with Crippen molar-refractivity contribution in [1.82, 2.24) is 15.1 Å². The third kappa shape index (κ3) is 4.87.